The third-order valence-electron chi connectivity index (χ3n) is 4.78. The van der Waals surface area contributed by atoms with Gasteiger partial charge in [-0.25, -0.2) is 4.39 Å². The van der Waals surface area contributed by atoms with E-state index in [-0.39, 0.29) is 36.3 Å². The van der Waals surface area contributed by atoms with Gasteiger partial charge < -0.3 is 9.42 Å². The number of benzene rings is 2. The Balaban J connectivity index is 1.54. The molecule has 5 nitrogen and oxygen atoms in total. The van der Waals surface area contributed by atoms with Crippen LogP contribution in [0.4, 0.5) is 23.2 Å². The van der Waals surface area contributed by atoms with Gasteiger partial charge in [0.05, 0.1) is 17.2 Å². The maximum Gasteiger partial charge on any atom is 0.416 e. The molecule has 0 saturated carbocycles. The van der Waals surface area contributed by atoms with Crippen molar-refractivity contribution in [2.24, 2.45) is 0 Å². The van der Waals surface area contributed by atoms with Gasteiger partial charge in [-0.1, -0.05) is 23.4 Å². The summed E-state index contributed by atoms with van der Waals surface area (Å²) in [6.45, 7) is 1.98. The first kappa shape index (κ1) is 19.1. The Hall–Kier alpha value is -3.23. The lowest BCUT2D eigenvalue weighted by Gasteiger charge is -2.17. The summed E-state index contributed by atoms with van der Waals surface area (Å²) in [6, 6.07) is 8.90. The van der Waals surface area contributed by atoms with Crippen molar-refractivity contribution >= 4 is 11.6 Å². The first-order valence-corrected chi connectivity index (χ1v) is 8.80. The smallest absolute Gasteiger partial charge is 0.339 e. The number of alkyl halides is 3. The van der Waals surface area contributed by atoms with E-state index in [9.17, 15) is 22.4 Å². The second-order valence-corrected chi connectivity index (χ2v) is 6.89. The van der Waals surface area contributed by atoms with Crippen LogP contribution in [0.3, 0.4) is 0 Å². The van der Waals surface area contributed by atoms with Crippen molar-refractivity contribution in [3.05, 3.63) is 65.3 Å². The molecular weight excluding hydrogens is 390 g/mol. The Morgan fingerprint density at radius 2 is 1.86 bits per heavy atom. The van der Waals surface area contributed by atoms with Crippen molar-refractivity contribution < 1.29 is 26.9 Å². The Morgan fingerprint density at radius 3 is 2.55 bits per heavy atom. The number of hydrogen-bond acceptors (Lipinski definition) is 4. The van der Waals surface area contributed by atoms with E-state index in [1.54, 1.807) is 19.1 Å². The quantitative estimate of drug-likeness (QED) is 0.592. The lowest BCUT2D eigenvalue weighted by atomic mass is 10.1. The molecule has 0 radical (unpaired) electrons. The molecule has 1 aliphatic heterocycles. The summed E-state index contributed by atoms with van der Waals surface area (Å²) in [4.78, 5) is 18.0. The second-order valence-electron chi connectivity index (χ2n) is 6.89. The number of rotatable bonds is 3. The number of halogens is 4. The number of carbonyl (C=O) groups is 1. The highest BCUT2D eigenvalue weighted by Crippen LogP contribution is 2.34. The van der Waals surface area contributed by atoms with Crippen molar-refractivity contribution in [2.45, 2.75) is 25.4 Å². The van der Waals surface area contributed by atoms with Crippen LogP contribution in [0.5, 0.6) is 0 Å². The highest BCUT2D eigenvalue weighted by Gasteiger charge is 2.36. The number of aromatic nitrogens is 2. The number of anilines is 1. The van der Waals surface area contributed by atoms with E-state index in [0.717, 1.165) is 17.7 Å². The highest BCUT2D eigenvalue weighted by molar-refractivity contribution is 5.96. The summed E-state index contributed by atoms with van der Waals surface area (Å²) in [6.07, 6.45) is -4.36. The van der Waals surface area contributed by atoms with Crippen molar-refractivity contribution in [1.29, 1.82) is 0 Å². The Bertz CT molecular complexity index is 1060. The summed E-state index contributed by atoms with van der Waals surface area (Å²) in [5, 5.41) is 3.81. The van der Waals surface area contributed by atoms with Crippen molar-refractivity contribution in [2.75, 3.05) is 11.4 Å². The fourth-order valence-electron chi connectivity index (χ4n) is 3.26. The summed E-state index contributed by atoms with van der Waals surface area (Å²) >= 11 is 0. The van der Waals surface area contributed by atoms with E-state index >= 15 is 0 Å². The minimum Gasteiger partial charge on any atom is -0.339 e. The molecule has 1 unspecified atom stereocenters. The molecule has 1 atom stereocenters. The number of carbonyl (C=O) groups excluding carboxylic acids is 1. The second kappa shape index (κ2) is 6.98. The molecule has 4 rings (SSSR count). The summed E-state index contributed by atoms with van der Waals surface area (Å²) in [5.41, 5.74) is 0.598. The van der Waals surface area contributed by atoms with Crippen LogP contribution in [0.1, 0.15) is 29.4 Å². The molecule has 1 fully saturated rings. The molecule has 1 saturated heterocycles. The van der Waals surface area contributed by atoms with Gasteiger partial charge in [-0.2, -0.15) is 18.2 Å². The zero-order valence-corrected chi connectivity index (χ0v) is 15.2. The van der Waals surface area contributed by atoms with Gasteiger partial charge in [0, 0.05) is 18.5 Å². The number of nitrogens with zero attached hydrogens (tertiary/aromatic N) is 3. The molecule has 2 heterocycles. The third-order valence-corrected chi connectivity index (χ3v) is 4.78. The normalized spacial score (nSPS) is 17.2. The molecule has 1 amide bonds. The summed E-state index contributed by atoms with van der Waals surface area (Å²) < 4.78 is 57.4. The predicted octanol–water partition coefficient (Wildman–Crippen LogP) is 4.72. The Labute approximate surface area is 162 Å². The average Bonchev–Trinajstić information content (AvgIpc) is 3.30. The molecule has 0 N–H and O–H groups in total. The molecule has 3 aromatic rings. The number of hydrogen-bond donors (Lipinski definition) is 0. The van der Waals surface area contributed by atoms with E-state index in [0.29, 0.717) is 5.56 Å². The minimum absolute atomic E-state index is 0.0715. The van der Waals surface area contributed by atoms with Crippen LogP contribution in [0.25, 0.3) is 11.4 Å². The van der Waals surface area contributed by atoms with E-state index in [1.807, 2.05) is 0 Å². The molecular formula is C20H15F4N3O2. The van der Waals surface area contributed by atoms with Crippen molar-refractivity contribution in [3.63, 3.8) is 0 Å². The number of amides is 1. The van der Waals surface area contributed by atoms with Crippen molar-refractivity contribution in [3.8, 4) is 11.4 Å². The molecule has 0 bridgehead atoms. The average molecular weight is 405 g/mol. The van der Waals surface area contributed by atoms with E-state index in [4.69, 9.17) is 4.52 Å². The van der Waals surface area contributed by atoms with Gasteiger partial charge in [-0.3, -0.25) is 4.79 Å². The van der Waals surface area contributed by atoms with Crippen LogP contribution in [0.2, 0.25) is 0 Å². The maximum atomic E-state index is 14.1. The minimum atomic E-state index is -4.43. The topological polar surface area (TPSA) is 59.2 Å². The largest absolute Gasteiger partial charge is 0.416 e. The molecule has 0 spiro atoms. The zero-order chi connectivity index (χ0) is 20.8. The van der Waals surface area contributed by atoms with Gasteiger partial charge in [0.15, 0.2) is 0 Å². The van der Waals surface area contributed by atoms with Crippen LogP contribution < -0.4 is 4.90 Å². The van der Waals surface area contributed by atoms with Gasteiger partial charge in [0.2, 0.25) is 17.6 Å². The Kier molecular flexibility index (Phi) is 4.60. The highest BCUT2D eigenvalue weighted by atomic mass is 19.4. The monoisotopic (exact) mass is 405 g/mol. The predicted molar refractivity (Wildman–Crippen MR) is 95.6 cm³/mol. The van der Waals surface area contributed by atoms with E-state index in [1.165, 1.54) is 23.1 Å². The van der Waals surface area contributed by atoms with Crippen LogP contribution >= 0.6 is 0 Å². The molecule has 29 heavy (non-hydrogen) atoms. The summed E-state index contributed by atoms with van der Waals surface area (Å²) in [7, 11) is 0. The molecule has 9 heteroatoms. The summed E-state index contributed by atoms with van der Waals surface area (Å²) in [5.74, 6) is -0.891. The van der Waals surface area contributed by atoms with E-state index < -0.39 is 23.5 Å². The SMILES string of the molecule is Cc1ccc(F)c(N2CC(c3nc(-c4ccc(C(F)(F)F)cc4)no3)CC2=O)c1. The molecule has 0 aliphatic carbocycles. The maximum absolute atomic E-state index is 14.1. The van der Waals surface area contributed by atoms with Crippen LogP contribution in [0.15, 0.2) is 47.0 Å². The molecule has 1 aromatic heterocycles. The first-order valence-electron chi connectivity index (χ1n) is 8.80. The van der Waals surface area contributed by atoms with E-state index in [2.05, 4.69) is 10.1 Å². The van der Waals surface area contributed by atoms with Gasteiger partial charge in [0.25, 0.3) is 0 Å². The molecule has 2 aromatic carbocycles. The lowest BCUT2D eigenvalue weighted by Crippen LogP contribution is -2.25. The first-order chi connectivity index (χ1) is 13.7. The van der Waals surface area contributed by atoms with Crippen molar-refractivity contribution in [1.82, 2.24) is 10.1 Å². The number of aryl methyl sites for hydroxylation is 1. The molecule has 1 aliphatic rings. The van der Waals surface area contributed by atoms with Gasteiger partial charge in [-0.15, -0.1) is 0 Å². The fourth-order valence-corrected chi connectivity index (χ4v) is 3.26. The Morgan fingerprint density at radius 1 is 1.14 bits per heavy atom. The standard InChI is InChI=1S/C20H15F4N3O2/c1-11-2-7-15(21)16(8-11)27-10-13(9-17(27)28)19-25-18(26-29-19)12-3-5-14(6-4-12)20(22,23)24/h2-8,13H,9-10H2,1H3. The van der Waals surface area contributed by atoms with Gasteiger partial charge in [0.1, 0.15) is 5.82 Å². The van der Waals surface area contributed by atoms with Gasteiger partial charge >= 0.3 is 6.18 Å². The van der Waals surface area contributed by atoms with Crippen LogP contribution in [-0.2, 0) is 11.0 Å². The van der Waals surface area contributed by atoms with Crippen LogP contribution in [-0.4, -0.2) is 22.6 Å². The fraction of sp³-hybridized carbons (Fsp3) is 0.250. The van der Waals surface area contributed by atoms with Gasteiger partial charge in [-0.05, 0) is 36.8 Å². The zero-order valence-electron chi connectivity index (χ0n) is 15.2. The molecule has 150 valence electrons. The third kappa shape index (κ3) is 3.72. The van der Waals surface area contributed by atoms with Crippen LogP contribution in [0, 0.1) is 12.7 Å². The lowest BCUT2D eigenvalue weighted by molar-refractivity contribution is -0.137.